The molecule has 0 aliphatic carbocycles. The Morgan fingerprint density at radius 2 is 1.92 bits per heavy atom. The standard InChI is InChI=1S/C18H23N3O3.ClH/c1-11(2)9-14(19)17(22)20-13-6-7-15(12(3)10-13)21-18(23)16-5-4-8-24-16;/h4-8,10-11,14H,9,19H2,1-3H3,(H,20,22)(H,21,23);1H/t14-;/m0./s1. The number of furan rings is 1. The van der Waals surface area contributed by atoms with Gasteiger partial charge in [0.15, 0.2) is 5.76 Å². The lowest BCUT2D eigenvalue weighted by Crippen LogP contribution is -2.36. The first-order chi connectivity index (χ1) is 11.4. The lowest BCUT2D eigenvalue weighted by atomic mass is 10.0. The molecule has 0 saturated heterocycles. The largest absolute Gasteiger partial charge is 0.459 e. The molecule has 1 aromatic carbocycles. The molecule has 7 heteroatoms. The average Bonchev–Trinajstić information content (AvgIpc) is 3.03. The van der Waals surface area contributed by atoms with Crippen molar-refractivity contribution in [3.63, 3.8) is 0 Å². The summed E-state index contributed by atoms with van der Waals surface area (Å²) in [5.41, 5.74) is 8.00. The number of anilines is 2. The number of nitrogens with two attached hydrogens (primary N) is 1. The Bertz CT molecular complexity index is 714. The highest BCUT2D eigenvalue weighted by Gasteiger charge is 2.16. The van der Waals surface area contributed by atoms with Crippen molar-refractivity contribution in [2.24, 2.45) is 11.7 Å². The van der Waals surface area contributed by atoms with Gasteiger partial charge in [0.25, 0.3) is 5.91 Å². The number of carbonyl (C=O) groups excluding carboxylic acids is 2. The number of hydrogen-bond donors (Lipinski definition) is 3. The predicted octanol–water partition coefficient (Wildman–Crippen LogP) is 3.57. The number of carbonyl (C=O) groups is 2. The lowest BCUT2D eigenvalue weighted by Gasteiger charge is -2.15. The van der Waals surface area contributed by atoms with Crippen molar-refractivity contribution in [1.82, 2.24) is 0 Å². The van der Waals surface area contributed by atoms with Crippen LogP contribution in [0.3, 0.4) is 0 Å². The van der Waals surface area contributed by atoms with E-state index < -0.39 is 6.04 Å². The predicted molar refractivity (Wildman–Crippen MR) is 101 cm³/mol. The van der Waals surface area contributed by atoms with E-state index in [1.807, 2.05) is 20.8 Å². The van der Waals surface area contributed by atoms with Gasteiger partial charge in [0.2, 0.25) is 5.91 Å². The quantitative estimate of drug-likeness (QED) is 0.728. The zero-order valence-corrected chi connectivity index (χ0v) is 15.4. The third kappa shape index (κ3) is 5.92. The van der Waals surface area contributed by atoms with Crippen LogP contribution in [0.5, 0.6) is 0 Å². The summed E-state index contributed by atoms with van der Waals surface area (Å²) in [6, 6.07) is 7.96. The van der Waals surface area contributed by atoms with Crippen LogP contribution in [-0.4, -0.2) is 17.9 Å². The normalized spacial score (nSPS) is 11.6. The van der Waals surface area contributed by atoms with Crippen LogP contribution in [0.2, 0.25) is 0 Å². The van der Waals surface area contributed by atoms with Gasteiger partial charge in [-0.15, -0.1) is 12.4 Å². The molecule has 1 heterocycles. The molecule has 0 spiro atoms. The molecule has 0 fully saturated rings. The van der Waals surface area contributed by atoms with Gasteiger partial charge in [-0.1, -0.05) is 13.8 Å². The second-order valence-electron chi connectivity index (χ2n) is 6.19. The molecule has 2 aromatic rings. The van der Waals surface area contributed by atoms with E-state index in [9.17, 15) is 9.59 Å². The first-order valence-corrected chi connectivity index (χ1v) is 7.88. The second-order valence-corrected chi connectivity index (χ2v) is 6.19. The monoisotopic (exact) mass is 365 g/mol. The summed E-state index contributed by atoms with van der Waals surface area (Å²) < 4.78 is 5.06. The molecule has 0 bridgehead atoms. The van der Waals surface area contributed by atoms with Gasteiger partial charge in [-0.3, -0.25) is 9.59 Å². The van der Waals surface area contributed by atoms with Crippen LogP contribution in [-0.2, 0) is 4.79 Å². The van der Waals surface area contributed by atoms with Crippen molar-refractivity contribution < 1.29 is 14.0 Å². The van der Waals surface area contributed by atoms with E-state index in [0.29, 0.717) is 23.7 Å². The van der Waals surface area contributed by atoms with E-state index in [2.05, 4.69) is 10.6 Å². The minimum absolute atomic E-state index is 0. The molecule has 6 nitrogen and oxygen atoms in total. The molecule has 1 atom stereocenters. The van der Waals surface area contributed by atoms with Crippen LogP contribution in [0, 0.1) is 12.8 Å². The van der Waals surface area contributed by atoms with Gasteiger partial charge in [-0.2, -0.15) is 0 Å². The van der Waals surface area contributed by atoms with Gasteiger partial charge in [0, 0.05) is 11.4 Å². The van der Waals surface area contributed by atoms with Crippen LogP contribution < -0.4 is 16.4 Å². The van der Waals surface area contributed by atoms with Crippen molar-refractivity contribution in [2.75, 3.05) is 10.6 Å². The summed E-state index contributed by atoms with van der Waals surface area (Å²) in [5, 5.41) is 5.57. The lowest BCUT2D eigenvalue weighted by molar-refractivity contribution is -0.117. The number of rotatable bonds is 6. The molecule has 0 aliphatic rings. The Labute approximate surface area is 153 Å². The summed E-state index contributed by atoms with van der Waals surface area (Å²) >= 11 is 0. The molecule has 0 saturated carbocycles. The minimum atomic E-state index is -0.538. The Morgan fingerprint density at radius 1 is 1.20 bits per heavy atom. The number of amides is 2. The zero-order valence-electron chi connectivity index (χ0n) is 14.5. The maximum Gasteiger partial charge on any atom is 0.291 e. The molecule has 4 N–H and O–H groups in total. The molecule has 0 aliphatic heterocycles. The zero-order chi connectivity index (χ0) is 17.7. The van der Waals surface area contributed by atoms with Gasteiger partial charge < -0.3 is 20.8 Å². The van der Waals surface area contributed by atoms with Crippen molar-refractivity contribution in [3.05, 3.63) is 47.9 Å². The van der Waals surface area contributed by atoms with Gasteiger partial charge in [0.1, 0.15) is 0 Å². The van der Waals surface area contributed by atoms with Gasteiger partial charge in [-0.05, 0) is 55.2 Å². The van der Waals surface area contributed by atoms with E-state index in [1.165, 1.54) is 6.26 Å². The third-order valence-corrected chi connectivity index (χ3v) is 3.55. The van der Waals surface area contributed by atoms with Gasteiger partial charge >= 0.3 is 0 Å². The summed E-state index contributed by atoms with van der Waals surface area (Å²) in [6.45, 7) is 5.89. The van der Waals surface area contributed by atoms with E-state index in [-0.39, 0.29) is 30.0 Å². The molecular formula is C18H24ClN3O3. The number of halogens is 1. The molecule has 2 rings (SSSR count). The SMILES string of the molecule is Cc1cc(NC(=O)[C@@H](N)CC(C)C)ccc1NC(=O)c1ccco1.Cl. The van der Waals surface area contributed by atoms with E-state index in [4.69, 9.17) is 10.2 Å². The van der Waals surface area contributed by atoms with Crippen LogP contribution >= 0.6 is 12.4 Å². The molecule has 0 unspecified atom stereocenters. The van der Waals surface area contributed by atoms with E-state index in [1.54, 1.807) is 30.3 Å². The fraction of sp³-hybridized carbons (Fsp3) is 0.333. The van der Waals surface area contributed by atoms with Crippen LogP contribution in [0.15, 0.2) is 41.0 Å². The Hall–Kier alpha value is -2.31. The summed E-state index contributed by atoms with van der Waals surface area (Å²) in [5.74, 6) is 0.0624. The summed E-state index contributed by atoms with van der Waals surface area (Å²) in [4.78, 5) is 24.1. The van der Waals surface area contributed by atoms with Crippen molar-refractivity contribution in [1.29, 1.82) is 0 Å². The first kappa shape index (κ1) is 20.7. The highest BCUT2D eigenvalue weighted by atomic mass is 35.5. The van der Waals surface area contributed by atoms with E-state index >= 15 is 0 Å². The molecular weight excluding hydrogens is 342 g/mol. The smallest absolute Gasteiger partial charge is 0.291 e. The molecule has 2 amide bonds. The molecule has 1 aromatic heterocycles. The number of hydrogen-bond acceptors (Lipinski definition) is 4. The maximum atomic E-state index is 12.1. The Kier molecular flexibility index (Phi) is 7.67. The molecule has 25 heavy (non-hydrogen) atoms. The number of benzene rings is 1. The fourth-order valence-corrected chi connectivity index (χ4v) is 2.32. The van der Waals surface area contributed by atoms with Crippen molar-refractivity contribution in [3.8, 4) is 0 Å². The van der Waals surface area contributed by atoms with Crippen molar-refractivity contribution in [2.45, 2.75) is 33.2 Å². The van der Waals surface area contributed by atoms with Crippen LogP contribution in [0.4, 0.5) is 11.4 Å². The fourth-order valence-electron chi connectivity index (χ4n) is 2.32. The summed E-state index contributed by atoms with van der Waals surface area (Å²) in [7, 11) is 0. The summed E-state index contributed by atoms with van der Waals surface area (Å²) in [6.07, 6.45) is 2.07. The van der Waals surface area contributed by atoms with Crippen molar-refractivity contribution >= 4 is 35.6 Å². The topological polar surface area (TPSA) is 97.4 Å². The van der Waals surface area contributed by atoms with Gasteiger partial charge in [0.05, 0.1) is 12.3 Å². The number of aryl methyl sites for hydroxylation is 1. The average molecular weight is 366 g/mol. The Balaban J connectivity index is 0.00000312. The second kappa shape index (κ2) is 9.25. The Morgan fingerprint density at radius 3 is 2.48 bits per heavy atom. The highest BCUT2D eigenvalue weighted by Crippen LogP contribution is 2.21. The van der Waals surface area contributed by atoms with E-state index in [0.717, 1.165) is 5.56 Å². The first-order valence-electron chi connectivity index (χ1n) is 7.88. The third-order valence-electron chi connectivity index (χ3n) is 3.55. The minimum Gasteiger partial charge on any atom is -0.459 e. The number of nitrogens with one attached hydrogen (secondary N) is 2. The maximum absolute atomic E-state index is 12.1. The van der Waals surface area contributed by atoms with Crippen LogP contribution in [0.25, 0.3) is 0 Å². The van der Waals surface area contributed by atoms with Gasteiger partial charge in [-0.25, -0.2) is 0 Å². The molecule has 136 valence electrons. The highest BCUT2D eigenvalue weighted by molar-refractivity contribution is 6.03. The van der Waals surface area contributed by atoms with Crippen LogP contribution in [0.1, 0.15) is 36.4 Å². The molecule has 0 radical (unpaired) electrons.